The second kappa shape index (κ2) is 9.99. The maximum Gasteiger partial charge on any atom is 0.224 e. The van der Waals surface area contributed by atoms with Gasteiger partial charge in [-0.05, 0) is 44.5 Å². The molecule has 1 aromatic rings. The Morgan fingerprint density at radius 1 is 1.25 bits per heavy atom. The third kappa shape index (κ3) is 7.69. The highest BCUT2D eigenvalue weighted by Gasteiger charge is 2.03. The zero-order valence-corrected chi connectivity index (χ0v) is 14.2. The van der Waals surface area contributed by atoms with E-state index in [2.05, 4.69) is 27.9 Å². The summed E-state index contributed by atoms with van der Waals surface area (Å²) in [7, 11) is 0. The van der Waals surface area contributed by atoms with Crippen molar-refractivity contribution < 1.29 is 14.3 Å². The van der Waals surface area contributed by atoms with Crippen molar-refractivity contribution in [2.45, 2.75) is 32.8 Å². The van der Waals surface area contributed by atoms with Gasteiger partial charge in [0.25, 0.3) is 0 Å². The number of carbonyl (C=O) groups is 1. The lowest BCUT2D eigenvalue weighted by Crippen LogP contribution is -2.13. The van der Waals surface area contributed by atoms with E-state index >= 15 is 0 Å². The fourth-order valence-corrected chi connectivity index (χ4v) is 1.79. The molecule has 1 N–H and O–H groups in total. The standard InChI is InChI=1S/C15H22INO3/c1-12(2)19-10-3-4-15(18)17-13-5-7-14(8-6-13)20-11-9-16/h5-8,12H,3-4,9-11H2,1-2H3,(H,17,18). The second-order valence-corrected chi connectivity index (χ2v) is 5.71. The number of amides is 1. The minimum Gasteiger partial charge on any atom is -0.493 e. The smallest absolute Gasteiger partial charge is 0.224 e. The molecule has 112 valence electrons. The summed E-state index contributed by atoms with van der Waals surface area (Å²) in [5, 5.41) is 2.86. The summed E-state index contributed by atoms with van der Waals surface area (Å²) >= 11 is 2.26. The average Bonchev–Trinajstić information content (AvgIpc) is 2.43. The lowest BCUT2D eigenvalue weighted by Gasteiger charge is -2.09. The van der Waals surface area contributed by atoms with Gasteiger partial charge < -0.3 is 14.8 Å². The molecular weight excluding hydrogens is 369 g/mol. The number of halogens is 1. The minimum atomic E-state index is 0.0123. The van der Waals surface area contributed by atoms with Gasteiger partial charge in [0.2, 0.25) is 5.91 Å². The molecule has 20 heavy (non-hydrogen) atoms. The van der Waals surface area contributed by atoms with E-state index in [0.29, 0.717) is 19.6 Å². The van der Waals surface area contributed by atoms with Crippen LogP contribution in [0.2, 0.25) is 0 Å². The van der Waals surface area contributed by atoms with Gasteiger partial charge in [-0.25, -0.2) is 0 Å². The molecule has 0 aliphatic rings. The monoisotopic (exact) mass is 391 g/mol. The molecule has 0 saturated carbocycles. The number of nitrogens with one attached hydrogen (secondary N) is 1. The molecule has 0 atom stereocenters. The Balaban J connectivity index is 2.27. The fourth-order valence-electron chi connectivity index (χ4n) is 1.57. The van der Waals surface area contributed by atoms with E-state index in [1.165, 1.54) is 0 Å². The van der Waals surface area contributed by atoms with E-state index < -0.39 is 0 Å². The van der Waals surface area contributed by atoms with Gasteiger partial charge in [0, 0.05) is 23.1 Å². The van der Waals surface area contributed by atoms with Crippen LogP contribution >= 0.6 is 22.6 Å². The Kier molecular flexibility index (Phi) is 8.60. The maximum atomic E-state index is 11.7. The molecule has 0 aromatic heterocycles. The molecule has 0 aliphatic carbocycles. The molecule has 0 radical (unpaired) electrons. The predicted octanol–water partition coefficient (Wildman–Crippen LogP) is 3.64. The number of carbonyl (C=O) groups excluding carboxylic acids is 1. The van der Waals surface area contributed by atoms with E-state index in [0.717, 1.165) is 22.3 Å². The fraction of sp³-hybridized carbons (Fsp3) is 0.533. The summed E-state index contributed by atoms with van der Waals surface area (Å²) in [6.45, 7) is 5.29. The third-order valence-corrected chi connectivity index (χ3v) is 2.92. The molecule has 1 rings (SSSR count). The first-order valence-electron chi connectivity index (χ1n) is 6.82. The van der Waals surface area contributed by atoms with E-state index in [-0.39, 0.29) is 12.0 Å². The first-order valence-corrected chi connectivity index (χ1v) is 8.34. The van der Waals surface area contributed by atoms with Crippen LogP contribution in [0.25, 0.3) is 0 Å². The van der Waals surface area contributed by atoms with Gasteiger partial charge in [0.1, 0.15) is 5.75 Å². The second-order valence-electron chi connectivity index (χ2n) is 4.63. The summed E-state index contributed by atoms with van der Waals surface area (Å²) < 4.78 is 11.8. The lowest BCUT2D eigenvalue weighted by molar-refractivity contribution is -0.116. The molecular formula is C15H22INO3. The zero-order valence-electron chi connectivity index (χ0n) is 12.0. The first-order chi connectivity index (χ1) is 9.61. The van der Waals surface area contributed by atoms with Gasteiger partial charge in [0.15, 0.2) is 0 Å². The number of rotatable bonds is 9. The van der Waals surface area contributed by atoms with E-state index in [1.807, 2.05) is 38.1 Å². The van der Waals surface area contributed by atoms with Crippen LogP contribution in [0.1, 0.15) is 26.7 Å². The molecule has 0 unspecified atom stereocenters. The van der Waals surface area contributed by atoms with Crippen molar-refractivity contribution in [2.24, 2.45) is 0 Å². The quantitative estimate of drug-likeness (QED) is 0.397. The highest BCUT2D eigenvalue weighted by atomic mass is 127. The molecule has 0 heterocycles. The minimum absolute atomic E-state index is 0.0123. The van der Waals surface area contributed by atoms with E-state index in [4.69, 9.17) is 9.47 Å². The Labute approximate surface area is 134 Å². The van der Waals surface area contributed by atoms with Gasteiger partial charge in [-0.2, -0.15) is 0 Å². The van der Waals surface area contributed by atoms with Crippen molar-refractivity contribution in [1.82, 2.24) is 0 Å². The number of alkyl halides is 1. The Hall–Kier alpha value is -0.820. The van der Waals surface area contributed by atoms with Crippen LogP contribution in [0.15, 0.2) is 24.3 Å². The Morgan fingerprint density at radius 3 is 2.55 bits per heavy atom. The normalized spacial score (nSPS) is 10.6. The van der Waals surface area contributed by atoms with Crippen LogP contribution in [0.4, 0.5) is 5.69 Å². The first kappa shape index (κ1) is 17.2. The average molecular weight is 391 g/mol. The molecule has 4 nitrogen and oxygen atoms in total. The largest absolute Gasteiger partial charge is 0.493 e. The molecule has 1 aromatic carbocycles. The molecule has 0 saturated heterocycles. The number of benzene rings is 1. The summed E-state index contributed by atoms with van der Waals surface area (Å²) in [5.74, 6) is 0.836. The number of hydrogen-bond donors (Lipinski definition) is 1. The van der Waals surface area contributed by atoms with Crippen LogP contribution in [0.5, 0.6) is 5.75 Å². The van der Waals surface area contributed by atoms with Gasteiger partial charge in [-0.15, -0.1) is 0 Å². The summed E-state index contributed by atoms with van der Waals surface area (Å²) in [6.07, 6.45) is 1.42. The molecule has 0 fully saturated rings. The van der Waals surface area contributed by atoms with Crippen LogP contribution < -0.4 is 10.1 Å². The summed E-state index contributed by atoms with van der Waals surface area (Å²) in [4.78, 5) is 11.7. The van der Waals surface area contributed by atoms with Crippen LogP contribution in [0, 0.1) is 0 Å². The van der Waals surface area contributed by atoms with Crippen LogP contribution in [-0.2, 0) is 9.53 Å². The van der Waals surface area contributed by atoms with E-state index in [1.54, 1.807) is 0 Å². The number of anilines is 1. The molecule has 5 heteroatoms. The molecule has 0 spiro atoms. The number of hydrogen-bond acceptors (Lipinski definition) is 3. The molecule has 0 aliphatic heterocycles. The summed E-state index contributed by atoms with van der Waals surface area (Å²) in [5.41, 5.74) is 0.793. The SMILES string of the molecule is CC(C)OCCCC(=O)Nc1ccc(OCCI)cc1. The topological polar surface area (TPSA) is 47.6 Å². The van der Waals surface area contributed by atoms with Crippen molar-refractivity contribution in [2.75, 3.05) is 23.0 Å². The highest BCUT2D eigenvalue weighted by Crippen LogP contribution is 2.16. The van der Waals surface area contributed by atoms with Gasteiger partial charge in [0.05, 0.1) is 12.7 Å². The van der Waals surface area contributed by atoms with Crippen molar-refractivity contribution >= 4 is 34.2 Å². The van der Waals surface area contributed by atoms with Crippen molar-refractivity contribution in [1.29, 1.82) is 0 Å². The summed E-state index contributed by atoms with van der Waals surface area (Å²) in [6, 6.07) is 7.43. The highest BCUT2D eigenvalue weighted by molar-refractivity contribution is 14.1. The van der Waals surface area contributed by atoms with Crippen LogP contribution in [-0.4, -0.2) is 29.7 Å². The van der Waals surface area contributed by atoms with Crippen LogP contribution in [0.3, 0.4) is 0 Å². The van der Waals surface area contributed by atoms with Gasteiger partial charge in [-0.1, -0.05) is 22.6 Å². The number of ether oxygens (including phenoxy) is 2. The molecule has 1 amide bonds. The predicted molar refractivity (Wildman–Crippen MR) is 89.8 cm³/mol. The zero-order chi connectivity index (χ0) is 14.8. The Morgan fingerprint density at radius 2 is 1.95 bits per heavy atom. The lowest BCUT2D eigenvalue weighted by atomic mass is 10.2. The van der Waals surface area contributed by atoms with Crippen molar-refractivity contribution in [3.05, 3.63) is 24.3 Å². The Bertz CT molecular complexity index is 393. The van der Waals surface area contributed by atoms with Gasteiger partial charge >= 0.3 is 0 Å². The molecule has 0 bridgehead atoms. The van der Waals surface area contributed by atoms with Gasteiger partial charge in [-0.3, -0.25) is 4.79 Å². The third-order valence-electron chi connectivity index (χ3n) is 2.48. The van der Waals surface area contributed by atoms with Crippen molar-refractivity contribution in [3.63, 3.8) is 0 Å². The maximum absolute atomic E-state index is 11.7. The van der Waals surface area contributed by atoms with E-state index in [9.17, 15) is 4.79 Å². The van der Waals surface area contributed by atoms with Crippen molar-refractivity contribution in [3.8, 4) is 5.75 Å².